The zero-order valence-electron chi connectivity index (χ0n) is 15.1. The Hall–Kier alpha value is -2.44. The average molecular weight is 358 g/mol. The smallest absolute Gasteiger partial charge is 0.337 e. The number of ether oxygens (including phenoxy) is 1. The average Bonchev–Trinajstić information content (AvgIpc) is 2.60. The number of carboxylic acids is 1. The van der Waals surface area contributed by atoms with Crippen LogP contribution in [0.1, 0.15) is 31.5 Å². The third kappa shape index (κ3) is 5.28. The number of nitrogens with zero attached hydrogens (tertiary/aromatic N) is 1. The van der Waals surface area contributed by atoms with Gasteiger partial charge in [-0.1, -0.05) is 32.0 Å². The second-order valence-electron chi connectivity index (χ2n) is 6.90. The molecule has 2 atom stereocenters. The summed E-state index contributed by atoms with van der Waals surface area (Å²) in [5.74, 6) is -0.417. The fourth-order valence-corrected chi connectivity index (χ4v) is 2.74. The summed E-state index contributed by atoms with van der Waals surface area (Å²) in [6.45, 7) is 4.19. The molecule has 4 N–H and O–H groups in total. The van der Waals surface area contributed by atoms with Gasteiger partial charge in [-0.25, -0.2) is 4.79 Å². The van der Waals surface area contributed by atoms with Crippen molar-refractivity contribution in [2.75, 3.05) is 0 Å². The predicted molar refractivity (Wildman–Crippen MR) is 98.7 cm³/mol. The Morgan fingerprint density at radius 3 is 2.58 bits per heavy atom. The topological polar surface area (TPSA) is 106 Å². The van der Waals surface area contributed by atoms with Gasteiger partial charge in [0, 0.05) is 24.4 Å². The standard InChI is InChI=1S/C20H26N2O4/c1-14(2)10-18(21)20(25,19(23)24)12-16-11-15(8-9-22-16)13-26-17-6-4-3-5-7-17/h3-9,11,14,18,25H,10,12-13,21H2,1-2H3,(H,23,24)/t18-,20+/m0/s1. The molecular weight excluding hydrogens is 332 g/mol. The molecule has 1 aromatic heterocycles. The van der Waals surface area contributed by atoms with E-state index in [-0.39, 0.29) is 12.3 Å². The summed E-state index contributed by atoms with van der Waals surface area (Å²) in [6.07, 6.45) is 1.82. The monoisotopic (exact) mass is 358 g/mol. The summed E-state index contributed by atoms with van der Waals surface area (Å²) in [4.78, 5) is 15.9. The number of carbonyl (C=O) groups is 1. The molecule has 0 amide bonds. The van der Waals surface area contributed by atoms with E-state index in [1.807, 2.05) is 44.2 Å². The van der Waals surface area contributed by atoms with E-state index < -0.39 is 17.6 Å². The first kappa shape index (κ1) is 19.9. The number of aliphatic hydroxyl groups is 1. The zero-order valence-corrected chi connectivity index (χ0v) is 15.1. The molecule has 6 nitrogen and oxygen atoms in total. The Labute approximate surface area is 153 Å². The summed E-state index contributed by atoms with van der Waals surface area (Å²) in [7, 11) is 0. The number of aromatic nitrogens is 1. The van der Waals surface area contributed by atoms with Gasteiger partial charge in [0.15, 0.2) is 5.60 Å². The van der Waals surface area contributed by atoms with Crippen LogP contribution in [0.15, 0.2) is 48.7 Å². The van der Waals surface area contributed by atoms with E-state index in [0.717, 1.165) is 11.3 Å². The molecule has 0 unspecified atom stereocenters. The van der Waals surface area contributed by atoms with Gasteiger partial charge in [-0.15, -0.1) is 0 Å². The van der Waals surface area contributed by atoms with E-state index in [4.69, 9.17) is 10.5 Å². The van der Waals surface area contributed by atoms with Crippen LogP contribution in [0.3, 0.4) is 0 Å². The minimum absolute atomic E-state index is 0.157. The van der Waals surface area contributed by atoms with E-state index in [9.17, 15) is 15.0 Å². The molecule has 0 radical (unpaired) electrons. The molecule has 0 spiro atoms. The predicted octanol–water partition coefficient (Wildman–Crippen LogP) is 2.39. The van der Waals surface area contributed by atoms with Gasteiger partial charge >= 0.3 is 5.97 Å². The molecule has 2 rings (SSSR count). The largest absolute Gasteiger partial charge is 0.489 e. The van der Waals surface area contributed by atoms with Crippen LogP contribution in [0.25, 0.3) is 0 Å². The molecule has 0 aliphatic rings. The van der Waals surface area contributed by atoms with Gasteiger partial charge in [0.2, 0.25) is 0 Å². The molecule has 2 aromatic rings. The summed E-state index contributed by atoms with van der Waals surface area (Å²) in [5, 5.41) is 20.2. The lowest BCUT2D eigenvalue weighted by Crippen LogP contribution is -2.56. The van der Waals surface area contributed by atoms with Crippen molar-refractivity contribution in [3.63, 3.8) is 0 Å². The first-order valence-corrected chi connectivity index (χ1v) is 8.64. The third-order valence-corrected chi connectivity index (χ3v) is 4.19. The zero-order chi connectivity index (χ0) is 19.2. The molecule has 6 heteroatoms. The minimum Gasteiger partial charge on any atom is -0.489 e. The number of rotatable bonds is 9. The molecule has 0 fully saturated rings. The minimum atomic E-state index is -2.06. The van der Waals surface area contributed by atoms with Crippen LogP contribution in [0.5, 0.6) is 5.75 Å². The highest BCUT2D eigenvalue weighted by molar-refractivity contribution is 5.78. The second kappa shape index (κ2) is 8.78. The maximum atomic E-state index is 11.7. The molecule has 1 heterocycles. The maximum Gasteiger partial charge on any atom is 0.337 e. The molecule has 0 aliphatic heterocycles. The van der Waals surface area contributed by atoms with E-state index in [0.29, 0.717) is 18.7 Å². The van der Waals surface area contributed by atoms with Crippen LogP contribution in [0.4, 0.5) is 0 Å². The molecule has 0 saturated carbocycles. The SMILES string of the molecule is CC(C)C[C@H](N)[C@](O)(Cc1cc(COc2ccccc2)ccn1)C(=O)O. The lowest BCUT2D eigenvalue weighted by Gasteiger charge is -2.30. The Morgan fingerprint density at radius 2 is 1.96 bits per heavy atom. The Bertz CT molecular complexity index is 721. The van der Waals surface area contributed by atoms with Crippen LogP contribution in [0.2, 0.25) is 0 Å². The van der Waals surface area contributed by atoms with Gasteiger partial charge in [0.05, 0.1) is 0 Å². The van der Waals surface area contributed by atoms with E-state index in [1.165, 1.54) is 0 Å². The number of para-hydroxylation sites is 1. The fraction of sp³-hybridized carbons (Fsp3) is 0.400. The summed E-state index contributed by atoms with van der Waals surface area (Å²) in [6, 6.07) is 12.0. The second-order valence-corrected chi connectivity index (χ2v) is 6.90. The Morgan fingerprint density at radius 1 is 1.27 bits per heavy atom. The highest BCUT2D eigenvalue weighted by Gasteiger charge is 2.43. The highest BCUT2D eigenvalue weighted by atomic mass is 16.5. The molecule has 1 aromatic carbocycles. The van der Waals surface area contributed by atoms with Gasteiger partial charge < -0.3 is 20.7 Å². The van der Waals surface area contributed by atoms with Gasteiger partial charge in [-0.05, 0) is 42.2 Å². The van der Waals surface area contributed by atoms with Crippen molar-refractivity contribution >= 4 is 5.97 Å². The van der Waals surface area contributed by atoms with E-state index in [2.05, 4.69) is 4.98 Å². The molecule has 140 valence electrons. The van der Waals surface area contributed by atoms with E-state index >= 15 is 0 Å². The van der Waals surface area contributed by atoms with Crippen molar-refractivity contribution in [3.05, 3.63) is 59.9 Å². The summed E-state index contributed by atoms with van der Waals surface area (Å²) < 4.78 is 5.69. The number of benzene rings is 1. The first-order chi connectivity index (χ1) is 12.3. The van der Waals surface area contributed by atoms with Crippen molar-refractivity contribution in [2.45, 2.75) is 44.9 Å². The quantitative estimate of drug-likeness (QED) is 0.635. The summed E-state index contributed by atoms with van der Waals surface area (Å²) >= 11 is 0. The Kier molecular flexibility index (Phi) is 6.71. The van der Waals surface area contributed by atoms with Crippen LogP contribution in [0, 0.1) is 5.92 Å². The molecule has 0 bridgehead atoms. The fourth-order valence-electron chi connectivity index (χ4n) is 2.74. The van der Waals surface area contributed by atoms with Crippen LogP contribution in [-0.4, -0.2) is 32.8 Å². The van der Waals surface area contributed by atoms with Gasteiger partial charge in [-0.2, -0.15) is 0 Å². The van der Waals surface area contributed by atoms with Gasteiger partial charge in [0.1, 0.15) is 12.4 Å². The molecule has 0 saturated heterocycles. The van der Waals surface area contributed by atoms with Crippen molar-refractivity contribution in [2.24, 2.45) is 11.7 Å². The van der Waals surface area contributed by atoms with Gasteiger partial charge in [-0.3, -0.25) is 4.98 Å². The first-order valence-electron chi connectivity index (χ1n) is 8.64. The Balaban J connectivity index is 2.11. The van der Waals surface area contributed by atoms with Crippen LogP contribution >= 0.6 is 0 Å². The summed E-state index contributed by atoms with van der Waals surface area (Å²) in [5.41, 5.74) is 5.23. The lowest BCUT2D eigenvalue weighted by molar-refractivity contribution is -0.161. The van der Waals surface area contributed by atoms with Crippen molar-refractivity contribution in [1.82, 2.24) is 4.98 Å². The molecular formula is C20H26N2O4. The molecule has 0 aliphatic carbocycles. The number of carboxylic acid groups (broad SMARTS) is 1. The lowest BCUT2D eigenvalue weighted by atomic mass is 9.84. The number of pyridine rings is 1. The van der Waals surface area contributed by atoms with Crippen molar-refractivity contribution in [3.8, 4) is 5.75 Å². The van der Waals surface area contributed by atoms with E-state index in [1.54, 1.807) is 18.3 Å². The number of hydrogen-bond donors (Lipinski definition) is 3. The molecule has 26 heavy (non-hydrogen) atoms. The third-order valence-electron chi connectivity index (χ3n) is 4.19. The number of aliphatic carboxylic acids is 1. The van der Waals surface area contributed by atoms with Crippen LogP contribution in [-0.2, 0) is 17.8 Å². The number of hydrogen-bond acceptors (Lipinski definition) is 5. The van der Waals surface area contributed by atoms with Crippen molar-refractivity contribution < 1.29 is 19.7 Å². The van der Waals surface area contributed by atoms with Gasteiger partial charge in [0.25, 0.3) is 0 Å². The van der Waals surface area contributed by atoms with Crippen LogP contribution < -0.4 is 10.5 Å². The highest BCUT2D eigenvalue weighted by Crippen LogP contribution is 2.22. The maximum absolute atomic E-state index is 11.7. The number of nitrogens with two attached hydrogens (primary N) is 1. The van der Waals surface area contributed by atoms with Crippen molar-refractivity contribution in [1.29, 1.82) is 0 Å². The normalized spacial score (nSPS) is 14.7.